The van der Waals surface area contributed by atoms with Crippen molar-refractivity contribution in [2.24, 2.45) is 0 Å². The summed E-state index contributed by atoms with van der Waals surface area (Å²) in [6.45, 7) is -2.87. The predicted molar refractivity (Wildman–Crippen MR) is 73.0 cm³/mol. The highest BCUT2D eigenvalue weighted by atomic mass is 79.9. The Morgan fingerprint density at radius 2 is 1.95 bits per heavy atom. The minimum absolute atomic E-state index is 0.0297. The summed E-state index contributed by atoms with van der Waals surface area (Å²) < 4.78 is 28.9. The van der Waals surface area contributed by atoms with E-state index in [0.717, 1.165) is 0 Å². The molecule has 0 aliphatic rings. The van der Waals surface area contributed by atoms with Gasteiger partial charge in [0, 0.05) is 22.6 Å². The number of ether oxygens (including phenoxy) is 1. The summed E-state index contributed by atoms with van der Waals surface area (Å²) in [5.74, 6) is -0.316. The molecule has 0 unspecified atom stereocenters. The SMILES string of the molecule is O=C(Nc1ccc(OC(F)F)cc1)c1cncc(Br)c1. The van der Waals surface area contributed by atoms with Gasteiger partial charge < -0.3 is 10.1 Å². The summed E-state index contributed by atoms with van der Waals surface area (Å²) in [5, 5.41) is 2.62. The Balaban J connectivity index is 2.04. The molecule has 1 aromatic heterocycles. The Kier molecular flexibility index (Phi) is 4.62. The number of carbonyl (C=O) groups excluding carboxylic acids is 1. The van der Waals surface area contributed by atoms with Crippen molar-refractivity contribution in [1.82, 2.24) is 4.98 Å². The molecule has 0 spiro atoms. The summed E-state index contributed by atoms with van der Waals surface area (Å²) in [4.78, 5) is 15.8. The van der Waals surface area contributed by atoms with Crippen LogP contribution < -0.4 is 10.1 Å². The molecule has 1 heterocycles. The van der Waals surface area contributed by atoms with Gasteiger partial charge in [0.25, 0.3) is 5.91 Å². The zero-order chi connectivity index (χ0) is 14.5. The van der Waals surface area contributed by atoms with Gasteiger partial charge in [0.05, 0.1) is 5.56 Å². The van der Waals surface area contributed by atoms with Gasteiger partial charge in [-0.3, -0.25) is 9.78 Å². The van der Waals surface area contributed by atoms with Gasteiger partial charge in [-0.15, -0.1) is 0 Å². The number of benzene rings is 1. The Hall–Kier alpha value is -2.02. The normalized spacial score (nSPS) is 10.4. The zero-order valence-corrected chi connectivity index (χ0v) is 11.6. The summed E-state index contributed by atoms with van der Waals surface area (Å²) >= 11 is 3.22. The van der Waals surface area contributed by atoms with Crippen LogP contribution in [0.15, 0.2) is 47.2 Å². The number of hydrogen-bond donors (Lipinski definition) is 1. The molecular formula is C13H9BrF2N2O2. The van der Waals surface area contributed by atoms with E-state index in [9.17, 15) is 13.6 Å². The fourth-order valence-electron chi connectivity index (χ4n) is 1.46. The van der Waals surface area contributed by atoms with Gasteiger partial charge in [-0.2, -0.15) is 8.78 Å². The molecule has 1 amide bonds. The average molecular weight is 343 g/mol. The molecule has 0 atom stereocenters. The van der Waals surface area contributed by atoms with Gasteiger partial charge in [-0.05, 0) is 46.3 Å². The number of aromatic nitrogens is 1. The number of pyridine rings is 1. The van der Waals surface area contributed by atoms with E-state index in [0.29, 0.717) is 15.7 Å². The molecule has 4 nitrogen and oxygen atoms in total. The minimum atomic E-state index is -2.87. The second-order valence-corrected chi connectivity index (χ2v) is 4.66. The number of carbonyl (C=O) groups is 1. The van der Waals surface area contributed by atoms with E-state index >= 15 is 0 Å². The Labute approximate surface area is 121 Å². The Bertz CT molecular complexity index is 606. The van der Waals surface area contributed by atoms with Crippen LogP contribution in [0.5, 0.6) is 5.75 Å². The molecule has 0 bridgehead atoms. The van der Waals surface area contributed by atoms with Gasteiger partial charge >= 0.3 is 6.61 Å². The highest BCUT2D eigenvalue weighted by Crippen LogP contribution is 2.18. The first-order valence-corrected chi connectivity index (χ1v) is 6.30. The van der Waals surface area contributed by atoms with Crippen molar-refractivity contribution in [2.75, 3.05) is 5.32 Å². The first-order valence-electron chi connectivity index (χ1n) is 5.51. The van der Waals surface area contributed by atoms with Gasteiger partial charge in [-0.25, -0.2) is 0 Å². The Morgan fingerprint density at radius 1 is 1.25 bits per heavy atom. The molecular weight excluding hydrogens is 334 g/mol. The Morgan fingerprint density at radius 3 is 2.55 bits per heavy atom. The maximum absolute atomic E-state index is 12.0. The molecule has 1 N–H and O–H groups in total. The second kappa shape index (κ2) is 6.42. The topological polar surface area (TPSA) is 51.2 Å². The number of hydrogen-bond acceptors (Lipinski definition) is 3. The van der Waals surface area contributed by atoms with Crippen LogP contribution in [-0.4, -0.2) is 17.5 Å². The average Bonchev–Trinajstić information content (AvgIpc) is 2.40. The summed E-state index contributed by atoms with van der Waals surface area (Å²) in [5.41, 5.74) is 0.851. The van der Waals surface area contributed by atoms with E-state index in [2.05, 4.69) is 31.0 Å². The lowest BCUT2D eigenvalue weighted by Gasteiger charge is -2.07. The van der Waals surface area contributed by atoms with E-state index in [1.165, 1.54) is 30.5 Å². The molecule has 20 heavy (non-hydrogen) atoms. The number of nitrogens with zero attached hydrogens (tertiary/aromatic N) is 1. The largest absolute Gasteiger partial charge is 0.435 e. The molecule has 0 fully saturated rings. The molecule has 0 saturated carbocycles. The van der Waals surface area contributed by atoms with E-state index in [1.807, 2.05) is 0 Å². The van der Waals surface area contributed by atoms with Crippen molar-refractivity contribution in [3.8, 4) is 5.75 Å². The van der Waals surface area contributed by atoms with Crippen molar-refractivity contribution < 1.29 is 18.3 Å². The number of rotatable bonds is 4. The molecule has 2 aromatic rings. The number of anilines is 1. The van der Waals surface area contributed by atoms with Crippen LogP contribution in [0.2, 0.25) is 0 Å². The minimum Gasteiger partial charge on any atom is -0.435 e. The van der Waals surface area contributed by atoms with Gasteiger partial charge in [0.1, 0.15) is 5.75 Å². The maximum atomic E-state index is 12.0. The van der Waals surface area contributed by atoms with Gasteiger partial charge in [0.2, 0.25) is 0 Å². The molecule has 0 radical (unpaired) electrons. The summed E-state index contributed by atoms with van der Waals surface area (Å²) in [7, 11) is 0. The van der Waals surface area contributed by atoms with E-state index in [-0.39, 0.29) is 11.7 Å². The van der Waals surface area contributed by atoms with Crippen molar-refractivity contribution in [3.63, 3.8) is 0 Å². The third kappa shape index (κ3) is 3.99. The first-order chi connectivity index (χ1) is 9.54. The number of alkyl halides is 2. The standard InChI is InChI=1S/C13H9BrF2N2O2/c14-9-5-8(6-17-7-9)12(19)18-10-1-3-11(4-2-10)20-13(15)16/h1-7,13H,(H,18,19). The number of amides is 1. The lowest BCUT2D eigenvalue weighted by molar-refractivity contribution is -0.0498. The zero-order valence-electron chi connectivity index (χ0n) is 10.0. The highest BCUT2D eigenvalue weighted by molar-refractivity contribution is 9.10. The summed E-state index contributed by atoms with van der Waals surface area (Å²) in [6, 6.07) is 7.26. The van der Waals surface area contributed by atoms with E-state index in [4.69, 9.17) is 0 Å². The van der Waals surface area contributed by atoms with Crippen LogP contribution in [0.4, 0.5) is 14.5 Å². The number of halogens is 3. The molecule has 0 aliphatic heterocycles. The van der Waals surface area contributed by atoms with Crippen LogP contribution in [0, 0.1) is 0 Å². The third-order valence-electron chi connectivity index (χ3n) is 2.30. The van der Waals surface area contributed by atoms with Gasteiger partial charge in [-0.1, -0.05) is 0 Å². The fraction of sp³-hybridized carbons (Fsp3) is 0.0769. The van der Waals surface area contributed by atoms with Crippen molar-refractivity contribution in [3.05, 3.63) is 52.8 Å². The van der Waals surface area contributed by atoms with Gasteiger partial charge in [0.15, 0.2) is 0 Å². The van der Waals surface area contributed by atoms with Crippen LogP contribution in [0.1, 0.15) is 10.4 Å². The molecule has 7 heteroatoms. The molecule has 104 valence electrons. The molecule has 1 aromatic carbocycles. The monoisotopic (exact) mass is 342 g/mol. The second-order valence-electron chi connectivity index (χ2n) is 3.75. The quantitative estimate of drug-likeness (QED) is 0.921. The van der Waals surface area contributed by atoms with Crippen LogP contribution in [-0.2, 0) is 0 Å². The van der Waals surface area contributed by atoms with Crippen molar-refractivity contribution in [2.45, 2.75) is 6.61 Å². The first kappa shape index (κ1) is 14.4. The fourth-order valence-corrected chi connectivity index (χ4v) is 1.82. The maximum Gasteiger partial charge on any atom is 0.387 e. The lowest BCUT2D eigenvalue weighted by atomic mass is 10.2. The molecule has 2 rings (SSSR count). The van der Waals surface area contributed by atoms with Crippen LogP contribution in [0.3, 0.4) is 0 Å². The number of nitrogens with one attached hydrogen (secondary N) is 1. The summed E-state index contributed by atoms with van der Waals surface area (Å²) in [6.07, 6.45) is 2.99. The predicted octanol–water partition coefficient (Wildman–Crippen LogP) is 3.70. The van der Waals surface area contributed by atoms with Crippen molar-refractivity contribution in [1.29, 1.82) is 0 Å². The highest BCUT2D eigenvalue weighted by Gasteiger charge is 2.08. The lowest BCUT2D eigenvalue weighted by Crippen LogP contribution is -2.12. The van der Waals surface area contributed by atoms with E-state index in [1.54, 1.807) is 12.3 Å². The van der Waals surface area contributed by atoms with Crippen molar-refractivity contribution >= 4 is 27.5 Å². The van der Waals surface area contributed by atoms with E-state index < -0.39 is 6.61 Å². The van der Waals surface area contributed by atoms with Crippen LogP contribution in [0.25, 0.3) is 0 Å². The molecule has 0 aliphatic carbocycles. The third-order valence-corrected chi connectivity index (χ3v) is 2.74. The molecule has 0 saturated heterocycles. The smallest absolute Gasteiger partial charge is 0.387 e. The van der Waals surface area contributed by atoms with Crippen LogP contribution >= 0.6 is 15.9 Å².